The van der Waals surface area contributed by atoms with E-state index in [2.05, 4.69) is 21.1 Å². The minimum atomic E-state index is -0.182. The van der Waals surface area contributed by atoms with Crippen molar-refractivity contribution in [2.24, 2.45) is 5.92 Å². The van der Waals surface area contributed by atoms with Gasteiger partial charge in [0.05, 0.1) is 0 Å². The summed E-state index contributed by atoms with van der Waals surface area (Å²) >= 11 is 0. The summed E-state index contributed by atoms with van der Waals surface area (Å²) in [6.07, 6.45) is 12.7. The molecular weight excluding hydrogens is 427 g/mol. The normalized spacial score (nSPS) is 18.4. The second kappa shape index (κ2) is 10.7. The quantitative estimate of drug-likeness (QED) is 0.477. The first-order chi connectivity index (χ1) is 16.7. The van der Waals surface area contributed by atoms with Crippen molar-refractivity contribution in [3.8, 4) is 0 Å². The zero-order chi connectivity index (χ0) is 23.3. The summed E-state index contributed by atoms with van der Waals surface area (Å²) in [6.45, 7) is 3.49. The van der Waals surface area contributed by atoms with Crippen molar-refractivity contribution in [3.05, 3.63) is 60.2 Å². The Bertz CT molecular complexity index is 1080. The number of hydrogen-bond acceptors (Lipinski definition) is 3. The fourth-order valence-corrected chi connectivity index (χ4v) is 5.79. The molecule has 1 aliphatic carbocycles. The molecule has 2 aliphatic rings. The maximum absolute atomic E-state index is 13.8. The molecule has 2 fully saturated rings. The van der Waals surface area contributed by atoms with E-state index in [1.165, 1.54) is 43.7 Å². The predicted octanol–water partition coefficient (Wildman–Crippen LogP) is 5.89. The second-order valence-electron chi connectivity index (χ2n) is 9.99. The lowest BCUT2D eigenvalue weighted by Crippen LogP contribution is -2.42. The van der Waals surface area contributed by atoms with Gasteiger partial charge < -0.3 is 9.88 Å². The van der Waals surface area contributed by atoms with Crippen LogP contribution in [0.5, 0.6) is 0 Å². The summed E-state index contributed by atoms with van der Waals surface area (Å²) in [5.41, 5.74) is 2.23. The SMILES string of the molecule is O=C(CC1CCCCC1)N(CCN1CCC(c2c[nH]c3ccc(F)cc23)CC1)c1ccccn1. The van der Waals surface area contributed by atoms with Gasteiger partial charge in [-0.25, -0.2) is 9.37 Å². The lowest BCUT2D eigenvalue weighted by molar-refractivity contribution is -0.119. The Morgan fingerprint density at radius 1 is 1.09 bits per heavy atom. The number of amides is 1. The zero-order valence-corrected chi connectivity index (χ0v) is 19.9. The highest BCUT2D eigenvalue weighted by Gasteiger charge is 2.26. The Kier molecular flexibility index (Phi) is 7.24. The molecule has 0 spiro atoms. The number of aromatic nitrogens is 2. The first-order valence-corrected chi connectivity index (χ1v) is 12.9. The molecule has 5 nitrogen and oxygen atoms in total. The molecule has 5 rings (SSSR count). The van der Waals surface area contributed by atoms with E-state index < -0.39 is 0 Å². The van der Waals surface area contributed by atoms with Crippen molar-refractivity contribution in [3.63, 3.8) is 0 Å². The van der Waals surface area contributed by atoms with E-state index in [1.807, 2.05) is 29.2 Å². The van der Waals surface area contributed by atoms with Crippen LogP contribution in [0.25, 0.3) is 10.9 Å². The van der Waals surface area contributed by atoms with Crippen molar-refractivity contribution in [1.82, 2.24) is 14.9 Å². The summed E-state index contributed by atoms with van der Waals surface area (Å²) in [6, 6.07) is 10.8. The molecule has 6 heteroatoms. The fraction of sp³-hybridized carbons (Fsp3) is 0.500. The number of benzene rings is 1. The Balaban J connectivity index is 1.19. The van der Waals surface area contributed by atoms with Crippen molar-refractivity contribution in [2.45, 2.75) is 57.3 Å². The van der Waals surface area contributed by atoms with E-state index in [0.29, 0.717) is 24.8 Å². The van der Waals surface area contributed by atoms with E-state index in [0.717, 1.165) is 49.2 Å². The second-order valence-corrected chi connectivity index (χ2v) is 9.99. The van der Waals surface area contributed by atoms with Crippen LogP contribution in [0.4, 0.5) is 10.2 Å². The summed E-state index contributed by atoms with van der Waals surface area (Å²) < 4.78 is 13.8. The summed E-state index contributed by atoms with van der Waals surface area (Å²) in [7, 11) is 0. The minimum absolute atomic E-state index is 0.182. The fourth-order valence-electron chi connectivity index (χ4n) is 5.79. The Morgan fingerprint density at radius 3 is 2.68 bits per heavy atom. The Morgan fingerprint density at radius 2 is 1.91 bits per heavy atom. The van der Waals surface area contributed by atoms with Gasteiger partial charge in [-0.1, -0.05) is 25.3 Å². The highest BCUT2D eigenvalue weighted by molar-refractivity contribution is 5.92. The highest BCUT2D eigenvalue weighted by atomic mass is 19.1. The topological polar surface area (TPSA) is 52.2 Å². The molecule has 34 heavy (non-hydrogen) atoms. The average Bonchev–Trinajstić information content (AvgIpc) is 3.29. The molecule has 3 heterocycles. The molecule has 1 aromatic carbocycles. The number of rotatable bonds is 7. The number of nitrogens with zero attached hydrogens (tertiary/aromatic N) is 3. The molecule has 180 valence electrons. The van der Waals surface area contributed by atoms with Gasteiger partial charge in [0.15, 0.2) is 0 Å². The summed E-state index contributed by atoms with van der Waals surface area (Å²) in [4.78, 5) is 25.4. The molecule has 1 aliphatic heterocycles. The number of H-pyrrole nitrogens is 1. The third-order valence-electron chi connectivity index (χ3n) is 7.76. The van der Waals surface area contributed by atoms with Crippen LogP contribution >= 0.6 is 0 Å². The summed E-state index contributed by atoms with van der Waals surface area (Å²) in [5.74, 6) is 1.74. The lowest BCUT2D eigenvalue weighted by atomic mass is 9.86. The van der Waals surface area contributed by atoms with Gasteiger partial charge in [-0.3, -0.25) is 9.69 Å². The number of halogens is 1. The first kappa shape index (κ1) is 23.0. The number of anilines is 1. The molecule has 1 saturated carbocycles. The predicted molar refractivity (Wildman–Crippen MR) is 134 cm³/mol. The van der Waals surface area contributed by atoms with E-state index >= 15 is 0 Å². The Hall–Kier alpha value is -2.73. The van der Waals surface area contributed by atoms with Crippen LogP contribution in [0.15, 0.2) is 48.8 Å². The van der Waals surface area contributed by atoms with Crippen LogP contribution < -0.4 is 4.90 Å². The van der Waals surface area contributed by atoms with Crippen molar-refractivity contribution in [2.75, 3.05) is 31.1 Å². The smallest absolute Gasteiger partial charge is 0.228 e. The molecule has 2 aromatic heterocycles. The maximum atomic E-state index is 13.8. The van der Waals surface area contributed by atoms with Gasteiger partial charge in [0, 0.05) is 42.8 Å². The first-order valence-electron chi connectivity index (χ1n) is 12.9. The number of likely N-dealkylation sites (tertiary alicyclic amines) is 1. The standard InChI is InChI=1S/C28H35FN4O/c29-23-9-10-26-24(19-23)25(20-31-26)22-11-14-32(15-12-22)16-17-33(27-8-4-5-13-30-27)28(34)18-21-6-2-1-3-7-21/h4-5,8-10,13,19-22,31H,1-3,6-7,11-12,14-18H2. The lowest BCUT2D eigenvalue weighted by Gasteiger charge is -2.34. The average molecular weight is 463 g/mol. The van der Waals surface area contributed by atoms with Gasteiger partial charge in [0.2, 0.25) is 5.91 Å². The van der Waals surface area contributed by atoms with Crippen molar-refractivity contribution < 1.29 is 9.18 Å². The molecule has 0 radical (unpaired) electrons. The molecular formula is C28H35FN4O. The number of fused-ring (bicyclic) bond motifs is 1. The number of piperidine rings is 1. The van der Waals surface area contributed by atoms with Crippen LogP contribution in [0, 0.1) is 11.7 Å². The van der Waals surface area contributed by atoms with Gasteiger partial charge in [-0.2, -0.15) is 0 Å². The van der Waals surface area contributed by atoms with E-state index in [4.69, 9.17) is 0 Å². The summed E-state index contributed by atoms with van der Waals surface area (Å²) in [5, 5.41) is 1.01. The van der Waals surface area contributed by atoms with Crippen molar-refractivity contribution >= 4 is 22.6 Å². The number of hydrogen-bond donors (Lipinski definition) is 1. The number of aromatic amines is 1. The van der Waals surface area contributed by atoms with Gasteiger partial charge in [0.25, 0.3) is 0 Å². The third-order valence-corrected chi connectivity index (χ3v) is 7.76. The molecule has 0 atom stereocenters. The number of pyridine rings is 1. The van der Waals surface area contributed by atoms with Gasteiger partial charge >= 0.3 is 0 Å². The molecule has 0 unspecified atom stereocenters. The molecule has 1 amide bonds. The monoisotopic (exact) mass is 462 g/mol. The van der Waals surface area contributed by atoms with Gasteiger partial charge in [-0.05, 0) is 86.5 Å². The van der Waals surface area contributed by atoms with E-state index in [9.17, 15) is 9.18 Å². The van der Waals surface area contributed by atoms with Gasteiger partial charge in [0.1, 0.15) is 11.6 Å². The van der Waals surface area contributed by atoms with Crippen LogP contribution in [0.1, 0.15) is 62.8 Å². The molecule has 0 bridgehead atoms. The zero-order valence-electron chi connectivity index (χ0n) is 19.9. The highest BCUT2D eigenvalue weighted by Crippen LogP contribution is 2.33. The molecule has 1 N–H and O–H groups in total. The molecule has 3 aromatic rings. The van der Waals surface area contributed by atoms with Crippen molar-refractivity contribution in [1.29, 1.82) is 0 Å². The third kappa shape index (κ3) is 5.33. The van der Waals surface area contributed by atoms with Crippen LogP contribution in [0.3, 0.4) is 0 Å². The maximum Gasteiger partial charge on any atom is 0.228 e. The number of carbonyl (C=O) groups is 1. The largest absolute Gasteiger partial charge is 0.361 e. The van der Waals surface area contributed by atoms with Crippen LogP contribution in [-0.2, 0) is 4.79 Å². The number of nitrogens with one attached hydrogen (secondary N) is 1. The van der Waals surface area contributed by atoms with Gasteiger partial charge in [-0.15, -0.1) is 0 Å². The Labute approximate surface area is 201 Å². The van der Waals surface area contributed by atoms with Crippen LogP contribution in [0.2, 0.25) is 0 Å². The van der Waals surface area contributed by atoms with Crippen LogP contribution in [-0.4, -0.2) is 47.0 Å². The van der Waals surface area contributed by atoms with E-state index in [-0.39, 0.29) is 11.7 Å². The number of carbonyl (C=O) groups excluding carboxylic acids is 1. The van der Waals surface area contributed by atoms with E-state index in [1.54, 1.807) is 12.3 Å². The molecule has 1 saturated heterocycles. The minimum Gasteiger partial charge on any atom is -0.361 e.